The Hall–Kier alpha value is -3.86. The first kappa shape index (κ1) is 23.3. The van der Waals surface area contributed by atoms with Gasteiger partial charge in [-0.15, -0.1) is 5.10 Å². The molecule has 176 valence electrons. The summed E-state index contributed by atoms with van der Waals surface area (Å²) >= 11 is 0.980. The highest BCUT2D eigenvalue weighted by Crippen LogP contribution is 2.33. The number of carboxylic acid groups (broad SMARTS) is 1. The van der Waals surface area contributed by atoms with Crippen molar-refractivity contribution in [2.24, 2.45) is 15.9 Å². The molecular formula is C23H22N4O6S. The van der Waals surface area contributed by atoms with Crippen LogP contribution in [0.5, 0.6) is 11.5 Å². The van der Waals surface area contributed by atoms with E-state index in [-0.39, 0.29) is 29.9 Å². The summed E-state index contributed by atoms with van der Waals surface area (Å²) in [7, 11) is 0. The number of amides is 2. The monoisotopic (exact) mass is 482 g/mol. The molecule has 4 rings (SSSR count). The second kappa shape index (κ2) is 9.96. The summed E-state index contributed by atoms with van der Waals surface area (Å²) < 4.78 is 10.7. The molecular weight excluding hydrogens is 460 g/mol. The molecule has 0 aromatic heterocycles. The van der Waals surface area contributed by atoms with Crippen molar-refractivity contribution in [3.63, 3.8) is 0 Å². The van der Waals surface area contributed by atoms with Gasteiger partial charge in [-0.3, -0.25) is 9.59 Å². The van der Waals surface area contributed by atoms with Gasteiger partial charge in [0, 0.05) is 12.1 Å². The van der Waals surface area contributed by atoms with Gasteiger partial charge in [-0.25, -0.2) is 9.69 Å². The number of fused-ring (bicyclic) bond motifs is 1. The zero-order chi connectivity index (χ0) is 24.2. The number of carbonyl (C=O) groups is 3. The molecule has 3 N–H and O–H groups in total. The quantitative estimate of drug-likeness (QED) is 0.265. The fraction of sp³-hybridized carbons (Fsp3) is 0.261. The Labute approximate surface area is 199 Å². The summed E-state index contributed by atoms with van der Waals surface area (Å²) in [5.41, 5.74) is 8.17. The van der Waals surface area contributed by atoms with Gasteiger partial charge >= 0.3 is 5.97 Å². The average molecular weight is 483 g/mol. The lowest BCUT2D eigenvalue weighted by molar-refractivity contribution is -0.121. The third-order valence-electron chi connectivity index (χ3n) is 5.27. The van der Waals surface area contributed by atoms with Gasteiger partial charge in [0.05, 0.1) is 11.3 Å². The summed E-state index contributed by atoms with van der Waals surface area (Å²) in [6.45, 7) is 2.07. The van der Waals surface area contributed by atoms with E-state index in [0.29, 0.717) is 12.1 Å². The molecule has 0 bridgehead atoms. The number of nitrogens with two attached hydrogens (primary N) is 1. The van der Waals surface area contributed by atoms with E-state index in [2.05, 4.69) is 10.2 Å². The fourth-order valence-electron chi connectivity index (χ4n) is 3.50. The third kappa shape index (κ3) is 5.20. The van der Waals surface area contributed by atoms with Gasteiger partial charge < -0.3 is 20.3 Å². The van der Waals surface area contributed by atoms with E-state index in [4.69, 9.17) is 20.3 Å². The number of aryl methyl sites for hydroxylation is 1. The van der Waals surface area contributed by atoms with Crippen LogP contribution < -0.4 is 20.1 Å². The van der Waals surface area contributed by atoms with Crippen LogP contribution in [0.2, 0.25) is 0 Å². The Morgan fingerprint density at radius 2 is 1.88 bits per heavy atom. The Kier molecular flexibility index (Phi) is 6.82. The van der Waals surface area contributed by atoms with Gasteiger partial charge in [0.25, 0.3) is 0 Å². The molecule has 1 fully saturated rings. The average Bonchev–Trinajstić information content (AvgIpc) is 3.39. The Balaban J connectivity index is 1.33. The van der Waals surface area contributed by atoms with Crippen molar-refractivity contribution in [3.05, 3.63) is 53.6 Å². The molecule has 2 amide bonds. The Morgan fingerprint density at radius 1 is 1.15 bits per heavy atom. The predicted molar refractivity (Wildman–Crippen MR) is 128 cm³/mol. The Morgan fingerprint density at radius 3 is 2.62 bits per heavy atom. The van der Waals surface area contributed by atoms with Crippen molar-refractivity contribution in [1.29, 1.82) is 0 Å². The topological polar surface area (TPSA) is 144 Å². The number of imide groups is 1. The smallest absolute Gasteiger partial charge is 0.335 e. The van der Waals surface area contributed by atoms with Crippen LogP contribution >= 0.6 is 11.8 Å². The van der Waals surface area contributed by atoms with Gasteiger partial charge in [-0.1, -0.05) is 17.8 Å². The number of anilines is 1. The molecule has 0 aliphatic carbocycles. The highest BCUT2D eigenvalue weighted by Gasteiger charge is 2.40. The van der Waals surface area contributed by atoms with Crippen LogP contribution in [0.25, 0.3) is 0 Å². The van der Waals surface area contributed by atoms with E-state index in [9.17, 15) is 14.4 Å². The number of hydrogen-bond donors (Lipinski definition) is 2. The van der Waals surface area contributed by atoms with Crippen molar-refractivity contribution >= 4 is 46.1 Å². The molecule has 0 saturated carbocycles. The first-order valence-electron chi connectivity index (χ1n) is 10.4. The van der Waals surface area contributed by atoms with Gasteiger partial charge in [-0.2, -0.15) is 5.10 Å². The molecule has 11 heteroatoms. The summed E-state index contributed by atoms with van der Waals surface area (Å²) in [5.74, 6) is -0.441. The third-order valence-corrected chi connectivity index (χ3v) is 6.25. The van der Waals surface area contributed by atoms with Gasteiger partial charge in [-0.05, 0) is 61.7 Å². The number of benzene rings is 2. The van der Waals surface area contributed by atoms with Gasteiger partial charge in [0.1, 0.15) is 5.25 Å². The first-order chi connectivity index (χ1) is 16.3. The number of carboxylic acids is 1. The minimum absolute atomic E-state index is 0.0345. The highest BCUT2D eigenvalue weighted by atomic mass is 32.2. The van der Waals surface area contributed by atoms with E-state index < -0.39 is 17.1 Å². The number of thioether (sulfide) groups is 1. The number of aromatic carboxylic acids is 1. The van der Waals surface area contributed by atoms with Crippen LogP contribution in [0.1, 0.15) is 35.7 Å². The van der Waals surface area contributed by atoms with Crippen molar-refractivity contribution < 1.29 is 29.0 Å². The molecule has 1 atom stereocenters. The summed E-state index contributed by atoms with van der Waals surface area (Å²) in [4.78, 5) is 37.2. The molecule has 2 aliphatic rings. The summed E-state index contributed by atoms with van der Waals surface area (Å²) in [6.07, 6.45) is 1.36. The van der Waals surface area contributed by atoms with Crippen LogP contribution in [-0.4, -0.2) is 45.8 Å². The molecule has 1 saturated heterocycles. The number of nitrogens with zero attached hydrogens (tertiary/aromatic N) is 3. The van der Waals surface area contributed by atoms with Crippen molar-refractivity contribution in [1.82, 2.24) is 0 Å². The van der Waals surface area contributed by atoms with Crippen molar-refractivity contribution in [2.45, 2.75) is 31.4 Å². The maximum atomic E-state index is 12.8. The lowest BCUT2D eigenvalue weighted by Gasteiger charge is -2.14. The Bertz CT molecular complexity index is 1190. The molecule has 2 aromatic rings. The number of hydrogen-bond acceptors (Lipinski definition) is 8. The standard InChI is InChI=1S/C23H22N4O6S/c1-13(2-3-14-4-9-17-18(10-14)33-12-32-17)25-26-23(24)34-19-11-20(28)27(21(19)29)16-7-5-15(6-8-16)22(30)31/h4-10,19H,2-3,11-12H2,1H3,(H2,24,26)(H,30,31)/b25-13-/t19-/m1/s1. The lowest BCUT2D eigenvalue weighted by atomic mass is 10.1. The largest absolute Gasteiger partial charge is 0.478 e. The first-order valence-corrected chi connectivity index (χ1v) is 11.3. The molecule has 2 aromatic carbocycles. The van der Waals surface area contributed by atoms with Gasteiger partial charge in [0.2, 0.25) is 18.6 Å². The zero-order valence-electron chi connectivity index (χ0n) is 18.3. The van der Waals surface area contributed by atoms with Crippen LogP contribution in [0.15, 0.2) is 52.7 Å². The number of rotatable bonds is 7. The normalized spacial score (nSPS) is 18.0. The van der Waals surface area contributed by atoms with Crippen LogP contribution in [-0.2, 0) is 16.0 Å². The fourth-order valence-corrected chi connectivity index (χ4v) is 4.31. The van der Waals surface area contributed by atoms with Crippen molar-refractivity contribution in [3.8, 4) is 11.5 Å². The van der Waals surface area contributed by atoms with E-state index >= 15 is 0 Å². The molecule has 2 aliphatic heterocycles. The van der Waals surface area contributed by atoms with E-state index in [0.717, 1.165) is 45.9 Å². The van der Waals surface area contributed by atoms with E-state index in [1.807, 2.05) is 25.1 Å². The molecule has 10 nitrogen and oxygen atoms in total. The molecule has 2 heterocycles. The number of carbonyl (C=O) groups excluding carboxylic acids is 2. The second-order valence-electron chi connectivity index (χ2n) is 7.69. The van der Waals surface area contributed by atoms with Crippen LogP contribution in [0.4, 0.5) is 5.69 Å². The number of amidine groups is 1. The molecule has 0 unspecified atom stereocenters. The summed E-state index contributed by atoms with van der Waals surface area (Å²) in [6, 6.07) is 11.3. The number of ether oxygens (including phenoxy) is 2. The minimum atomic E-state index is -1.09. The van der Waals surface area contributed by atoms with E-state index in [1.54, 1.807) is 0 Å². The molecule has 0 spiro atoms. The predicted octanol–water partition coefficient (Wildman–Crippen LogP) is 2.80. The maximum Gasteiger partial charge on any atom is 0.335 e. The highest BCUT2D eigenvalue weighted by molar-refractivity contribution is 8.14. The minimum Gasteiger partial charge on any atom is -0.478 e. The summed E-state index contributed by atoms with van der Waals surface area (Å²) in [5, 5.41) is 16.5. The van der Waals surface area contributed by atoms with Crippen LogP contribution in [0, 0.1) is 0 Å². The van der Waals surface area contributed by atoms with Crippen molar-refractivity contribution in [2.75, 3.05) is 11.7 Å². The van der Waals surface area contributed by atoms with Gasteiger partial charge in [0.15, 0.2) is 16.7 Å². The van der Waals surface area contributed by atoms with Crippen LogP contribution in [0.3, 0.4) is 0 Å². The molecule has 0 radical (unpaired) electrons. The maximum absolute atomic E-state index is 12.8. The SMILES string of the molecule is C/C(CCc1ccc2c(c1)OCO2)=N/N=C(/N)S[C@@H]1CC(=O)N(c2ccc(C(=O)O)cc2)C1=O. The second-order valence-corrected chi connectivity index (χ2v) is 8.91. The zero-order valence-corrected chi connectivity index (χ0v) is 19.1. The lowest BCUT2D eigenvalue weighted by Crippen LogP contribution is -2.31. The van der Waals surface area contributed by atoms with E-state index in [1.165, 1.54) is 24.3 Å². The molecule has 34 heavy (non-hydrogen) atoms.